The highest BCUT2D eigenvalue weighted by Crippen LogP contribution is 2.29. The number of carbonyl (C=O) groups is 1. The maximum atomic E-state index is 13.0. The van der Waals surface area contributed by atoms with E-state index in [1.54, 1.807) is 23.9 Å². The number of nitrogens with zero attached hydrogens (tertiary/aromatic N) is 4. The van der Waals surface area contributed by atoms with E-state index < -0.39 is 10.3 Å². The van der Waals surface area contributed by atoms with Gasteiger partial charge < -0.3 is 5.32 Å². The van der Waals surface area contributed by atoms with E-state index in [-0.39, 0.29) is 36.1 Å². The maximum Gasteiger partial charge on any atom is 0.333 e. The SMILES string of the molecule is CC#CC(C)n1ccc(C(=O)c2cncnc2NC2CCC(COS(N)(=O)=O)C2)n1. The summed E-state index contributed by atoms with van der Waals surface area (Å²) in [6.07, 6.45) is 6.79. The van der Waals surface area contributed by atoms with Crippen LogP contribution in [0.4, 0.5) is 5.82 Å². The van der Waals surface area contributed by atoms with Crippen LogP contribution in [0.2, 0.25) is 0 Å². The lowest BCUT2D eigenvalue weighted by Crippen LogP contribution is -2.22. The Labute approximate surface area is 175 Å². The molecule has 0 bridgehead atoms. The van der Waals surface area contributed by atoms with Gasteiger partial charge in [-0.1, -0.05) is 5.92 Å². The van der Waals surface area contributed by atoms with Gasteiger partial charge in [-0.2, -0.15) is 13.5 Å². The molecule has 0 amide bonds. The van der Waals surface area contributed by atoms with Crippen LogP contribution in [-0.4, -0.2) is 46.6 Å². The maximum absolute atomic E-state index is 13.0. The molecule has 2 aromatic rings. The van der Waals surface area contributed by atoms with E-state index in [2.05, 4.69) is 32.2 Å². The number of aromatic nitrogens is 4. The molecule has 3 rings (SSSR count). The van der Waals surface area contributed by atoms with E-state index in [1.165, 1.54) is 12.5 Å². The molecule has 0 radical (unpaired) electrons. The number of rotatable bonds is 8. The first-order chi connectivity index (χ1) is 14.3. The van der Waals surface area contributed by atoms with Gasteiger partial charge in [0.05, 0.1) is 12.2 Å². The number of hydrogen-bond acceptors (Lipinski definition) is 8. The molecule has 1 fully saturated rings. The predicted molar refractivity (Wildman–Crippen MR) is 110 cm³/mol. The molecule has 2 aromatic heterocycles. The van der Waals surface area contributed by atoms with Crippen molar-refractivity contribution in [1.29, 1.82) is 0 Å². The Morgan fingerprint density at radius 1 is 1.47 bits per heavy atom. The van der Waals surface area contributed by atoms with Crippen LogP contribution in [-0.2, 0) is 14.5 Å². The summed E-state index contributed by atoms with van der Waals surface area (Å²) >= 11 is 0. The third-order valence-electron chi connectivity index (χ3n) is 4.90. The molecular formula is C19H24N6O4S. The van der Waals surface area contributed by atoms with Crippen molar-refractivity contribution in [3.8, 4) is 11.8 Å². The van der Waals surface area contributed by atoms with Crippen LogP contribution in [0, 0.1) is 17.8 Å². The molecule has 1 aliphatic carbocycles. The fraction of sp³-hybridized carbons (Fsp3) is 0.474. The minimum atomic E-state index is -3.95. The molecule has 0 aromatic carbocycles. The second-order valence-electron chi connectivity index (χ2n) is 7.16. The standard InChI is InChI=1S/C19H24N6O4S/c1-3-4-13(2)25-8-7-17(24-25)18(26)16-10-21-12-22-19(16)23-15-6-5-14(9-15)11-29-30(20,27)28/h7-8,10,12-15H,5-6,9,11H2,1-2H3,(H2,20,27,28)(H,21,22,23). The summed E-state index contributed by atoms with van der Waals surface area (Å²) in [6, 6.07) is 1.53. The van der Waals surface area contributed by atoms with Crippen LogP contribution < -0.4 is 10.5 Å². The Bertz CT molecular complexity index is 1070. The van der Waals surface area contributed by atoms with Gasteiger partial charge in [-0.3, -0.25) is 13.7 Å². The second kappa shape index (κ2) is 9.34. The van der Waals surface area contributed by atoms with Crippen LogP contribution in [0.1, 0.15) is 55.2 Å². The van der Waals surface area contributed by atoms with Gasteiger partial charge in [-0.25, -0.2) is 15.1 Å². The Morgan fingerprint density at radius 2 is 2.27 bits per heavy atom. The molecule has 3 N–H and O–H groups in total. The summed E-state index contributed by atoms with van der Waals surface area (Å²) in [7, 11) is -3.95. The quantitative estimate of drug-likeness (QED) is 0.469. The number of nitrogens with two attached hydrogens (primary N) is 1. The molecule has 1 aliphatic rings. The Balaban J connectivity index is 1.69. The largest absolute Gasteiger partial charge is 0.367 e. The van der Waals surface area contributed by atoms with Crippen LogP contribution in [0.3, 0.4) is 0 Å². The molecule has 0 saturated heterocycles. The third-order valence-corrected chi connectivity index (χ3v) is 5.36. The van der Waals surface area contributed by atoms with Gasteiger partial charge in [0.1, 0.15) is 23.9 Å². The summed E-state index contributed by atoms with van der Waals surface area (Å²) in [5.41, 5.74) is 0.602. The van der Waals surface area contributed by atoms with E-state index >= 15 is 0 Å². The molecule has 11 heteroatoms. The summed E-state index contributed by atoms with van der Waals surface area (Å²) in [5, 5.41) is 12.5. The van der Waals surface area contributed by atoms with Crippen molar-refractivity contribution >= 4 is 21.9 Å². The van der Waals surface area contributed by atoms with Crippen LogP contribution in [0.5, 0.6) is 0 Å². The lowest BCUT2D eigenvalue weighted by molar-refractivity contribution is 0.103. The lowest BCUT2D eigenvalue weighted by Gasteiger charge is -2.15. The summed E-state index contributed by atoms with van der Waals surface area (Å²) in [6.45, 7) is 3.69. The zero-order valence-corrected chi connectivity index (χ0v) is 17.6. The molecular weight excluding hydrogens is 408 g/mol. The van der Waals surface area contributed by atoms with Crippen molar-refractivity contribution in [3.05, 3.63) is 36.0 Å². The monoisotopic (exact) mass is 432 g/mol. The number of anilines is 1. The first-order valence-corrected chi connectivity index (χ1v) is 11.0. The Hall–Kier alpha value is -2.81. The molecule has 3 unspecified atom stereocenters. The average Bonchev–Trinajstić information content (AvgIpc) is 3.36. The highest BCUT2D eigenvalue weighted by atomic mass is 32.2. The molecule has 30 heavy (non-hydrogen) atoms. The molecule has 1 saturated carbocycles. The van der Waals surface area contributed by atoms with E-state index in [9.17, 15) is 13.2 Å². The van der Waals surface area contributed by atoms with Crippen molar-refractivity contribution in [2.45, 2.75) is 45.2 Å². The minimum absolute atomic E-state index is 0.0259. The highest BCUT2D eigenvalue weighted by molar-refractivity contribution is 7.84. The van der Waals surface area contributed by atoms with E-state index in [4.69, 9.17) is 9.32 Å². The fourth-order valence-corrected chi connectivity index (χ4v) is 3.82. The second-order valence-corrected chi connectivity index (χ2v) is 8.38. The first kappa shape index (κ1) is 21.9. The van der Waals surface area contributed by atoms with Gasteiger partial charge in [0.2, 0.25) is 5.78 Å². The first-order valence-electron chi connectivity index (χ1n) is 9.52. The summed E-state index contributed by atoms with van der Waals surface area (Å²) in [4.78, 5) is 21.2. The number of carbonyl (C=O) groups excluding carboxylic acids is 1. The van der Waals surface area contributed by atoms with E-state index in [0.29, 0.717) is 17.8 Å². The van der Waals surface area contributed by atoms with Crippen LogP contribution in [0.25, 0.3) is 0 Å². The lowest BCUT2D eigenvalue weighted by atomic mass is 10.1. The van der Waals surface area contributed by atoms with Crippen molar-refractivity contribution in [2.75, 3.05) is 11.9 Å². The van der Waals surface area contributed by atoms with Crippen LogP contribution >= 0.6 is 0 Å². The predicted octanol–water partition coefficient (Wildman–Crippen LogP) is 1.29. The summed E-state index contributed by atoms with van der Waals surface area (Å²) < 4.78 is 28.3. The molecule has 2 heterocycles. The van der Waals surface area contributed by atoms with E-state index in [0.717, 1.165) is 12.8 Å². The third kappa shape index (κ3) is 5.63. The van der Waals surface area contributed by atoms with Crippen LogP contribution in [0.15, 0.2) is 24.8 Å². The minimum Gasteiger partial charge on any atom is -0.367 e. The van der Waals surface area contributed by atoms with Gasteiger partial charge in [0, 0.05) is 18.4 Å². The van der Waals surface area contributed by atoms with Crippen molar-refractivity contribution in [2.24, 2.45) is 11.1 Å². The molecule has 0 aliphatic heterocycles. The molecule has 10 nitrogen and oxygen atoms in total. The topological polar surface area (TPSA) is 142 Å². The van der Waals surface area contributed by atoms with Crippen molar-refractivity contribution < 1.29 is 17.4 Å². The smallest absolute Gasteiger partial charge is 0.333 e. The molecule has 160 valence electrons. The molecule has 3 atom stereocenters. The normalized spacial score (nSPS) is 19.7. The zero-order valence-electron chi connectivity index (χ0n) is 16.8. The average molecular weight is 433 g/mol. The fourth-order valence-electron chi connectivity index (χ4n) is 3.44. The summed E-state index contributed by atoms with van der Waals surface area (Å²) in [5.74, 6) is 6.00. The molecule has 0 spiro atoms. The zero-order chi connectivity index (χ0) is 21.7. The van der Waals surface area contributed by atoms with Crippen molar-refractivity contribution in [3.63, 3.8) is 0 Å². The Morgan fingerprint density at radius 3 is 3.00 bits per heavy atom. The van der Waals surface area contributed by atoms with Gasteiger partial charge in [-0.05, 0) is 45.1 Å². The van der Waals surface area contributed by atoms with E-state index in [1.807, 2.05) is 6.92 Å². The number of nitrogens with one attached hydrogen (secondary N) is 1. The number of ketones is 1. The number of hydrogen-bond donors (Lipinski definition) is 2. The van der Waals surface area contributed by atoms with Gasteiger partial charge in [-0.15, -0.1) is 5.92 Å². The van der Waals surface area contributed by atoms with Gasteiger partial charge >= 0.3 is 10.3 Å². The van der Waals surface area contributed by atoms with Gasteiger partial charge in [0.15, 0.2) is 0 Å². The van der Waals surface area contributed by atoms with Gasteiger partial charge in [0.25, 0.3) is 0 Å². The van der Waals surface area contributed by atoms with Crippen molar-refractivity contribution in [1.82, 2.24) is 19.7 Å². The Kier molecular flexibility index (Phi) is 6.81. The highest BCUT2D eigenvalue weighted by Gasteiger charge is 2.28.